The van der Waals surface area contributed by atoms with Gasteiger partial charge in [0.15, 0.2) is 0 Å². The number of aliphatic hydroxyl groups is 1. The average molecular weight is 285 g/mol. The monoisotopic (exact) mass is 285 g/mol. The summed E-state index contributed by atoms with van der Waals surface area (Å²) < 4.78 is 0. The predicted octanol–water partition coefficient (Wildman–Crippen LogP) is -1.18. The normalized spacial score (nSPS) is 30.4. The highest BCUT2D eigenvalue weighted by molar-refractivity contribution is 5.84. The van der Waals surface area contributed by atoms with Crippen LogP contribution < -0.4 is 5.73 Å². The number of aliphatic carboxylic acids is 1. The Hall–Kier alpha value is -1.83. The lowest BCUT2D eigenvalue weighted by Gasteiger charge is -2.35. The quantitative estimate of drug-likeness (QED) is 0.589. The molecule has 2 rings (SSSR count). The summed E-state index contributed by atoms with van der Waals surface area (Å²) in [5, 5.41) is 18.6. The van der Waals surface area contributed by atoms with Gasteiger partial charge in [-0.05, 0) is 12.8 Å². The molecule has 20 heavy (non-hydrogen) atoms. The second-order valence-electron chi connectivity index (χ2n) is 5.37. The van der Waals surface area contributed by atoms with E-state index in [0.29, 0.717) is 19.4 Å². The first-order valence-corrected chi connectivity index (χ1v) is 6.66. The zero-order valence-corrected chi connectivity index (χ0v) is 11.1. The van der Waals surface area contributed by atoms with Crippen LogP contribution in [0.2, 0.25) is 0 Å². The Kier molecular flexibility index (Phi) is 4.12. The van der Waals surface area contributed by atoms with Crippen LogP contribution in [0, 0.1) is 5.92 Å². The van der Waals surface area contributed by atoms with Crippen molar-refractivity contribution in [3.63, 3.8) is 0 Å². The van der Waals surface area contributed by atoms with Gasteiger partial charge in [0.25, 0.3) is 0 Å². The summed E-state index contributed by atoms with van der Waals surface area (Å²) in [6, 6.07) is -1.45. The summed E-state index contributed by atoms with van der Waals surface area (Å²) in [6.45, 7) is 0.697. The molecule has 0 saturated carbocycles. The smallest absolute Gasteiger partial charge is 0.326 e. The molecule has 1 unspecified atom stereocenters. The number of rotatable bonds is 2. The molecular weight excluding hydrogens is 266 g/mol. The number of hydrogen-bond acceptors (Lipinski definition) is 4. The number of β-amino-alcohol motifs (C(OH)–C–C–N with tert-alkyl or cyclic N) is 1. The molecule has 4 N–H and O–H groups in total. The third-order valence-corrected chi connectivity index (χ3v) is 3.90. The molecule has 0 aromatic carbocycles. The van der Waals surface area contributed by atoms with Crippen LogP contribution >= 0.6 is 0 Å². The molecule has 0 radical (unpaired) electrons. The molecule has 2 saturated heterocycles. The molecule has 0 spiro atoms. The van der Waals surface area contributed by atoms with E-state index in [1.54, 1.807) is 0 Å². The maximum absolute atomic E-state index is 12.4. The lowest BCUT2D eigenvalue weighted by molar-refractivity contribution is -0.141. The number of carboxylic acid groups (broad SMARTS) is 1. The standard InChI is InChI=1S/C12H19N3O5/c13-10(17)7-2-1-3-14(5-7)12(20)15-6-8(16)4-9(15)11(18)19/h7-9,16H,1-6H2,(H2,13,17)(H,18,19)/t7?,8-,9-/m1/s1. The Bertz CT molecular complexity index is 427. The Morgan fingerprint density at radius 3 is 2.50 bits per heavy atom. The molecule has 3 amide bonds. The third kappa shape index (κ3) is 2.84. The van der Waals surface area contributed by atoms with E-state index in [4.69, 9.17) is 10.8 Å². The van der Waals surface area contributed by atoms with Crippen molar-refractivity contribution in [3.8, 4) is 0 Å². The number of carbonyl (C=O) groups is 3. The number of urea groups is 1. The molecule has 2 heterocycles. The number of primary amides is 1. The Morgan fingerprint density at radius 2 is 1.90 bits per heavy atom. The van der Waals surface area contributed by atoms with Crippen LogP contribution in [0.4, 0.5) is 4.79 Å². The highest BCUT2D eigenvalue weighted by Crippen LogP contribution is 2.23. The van der Waals surface area contributed by atoms with E-state index in [-0.39, 0.29) is 25.4 Å². The number of carboxylic acids is 1. The molecule has 0 aromatic rings. The van der Waals surface area contributed by atoms with Gasteiger partial charge in [-0.25, -0.2) is 9.59 Å². The molecular formula is C12H19N3O5. The largest absolute Gasteiger partial charge is 0.480 e. The lowest BCUT2D eigenvalue weighted by Crippen LogP contribution is -2.52. The van der Waals surface area contributed by atoms with Crippen LogP contribution in [0.25, 0.3) is 0 Å². The van der Waals surface area contributed by atoms with Gasteiger partial charge in [0.05, 0.1) is 12.0 Å². The first kappa shape index (κ1) is 14.6. The van der Waals surface area contributed by atoms with Crippen molar-refractivity contribution in [2.75, 3.05) is 19.6 Å². The zero-order valence-electron chi connectivity index (χ0n) is 11.1. The van der Waals surface area contributed by atoms with E-state index in [1.807, 2.05) is 0 Å². The molecule has 3 atom stereocenters. The van der Waals surface area contributed by atoms with Gasteiger partial charge in [0.2, 0.25) is 5.91 Å². The van der Waals surface area contributed by atoms with Crippen molar-refractivity contribution in [1.29, 1.82) is 0 Å². The highest BCUT2D eigenvalue weighted by Gasteiger charge is 2.41. The van der Waals surface area contributed by atoms with E-state index in [1.165, 1.54) is 4.90 Å². The molecule has 8 heteroatoms. The summed E-state index contributed by atoms with van der Waals surface area (Å²) in [4.78, 5) is 37.3. The third-order valence-electron chi connectivity index (χ3n) is 3.90. The lowest BCUT2D eigenvalue weighted by atomic mass is 9.98. The minimum atomic E-state index is -1.13. The minimum absolute atomic E-state index is 0.00748. The molecule has 0 aliphatic carbocycles. The SMILES string of the molecule is NC(=O)C1CCCN(C(=O)N2C[C@H](O)C[C@@H]2C(=O)O)C1. The second kappa shape index (κ2) is 5.66. The van der Waals surface area contributed by atoms with Gasteiger partial charge in [-0.1, -0.05) is 0 Å². The summed E-state index contributed by atoms with van der Waals surface area (Å²) >= 11 is 0. The number of aliphatic hydroxyl groups excluding tert-OH is 1. The first-order valence-electron chi connectivity index (χ1n) is 6.66. The van der Waals surface area contributed by atoms with Crippen LogP contribution in [0.15, 0.2) is 0 Å². The fourth-order valence-electron chi connectivity index (χ4n) is 2.82. The van der Waals surface area contributed by atoms with Gasteiger partial charge >= 0.3 is 12.0 Å². The highest BCUT2D eigenvalue weighted by atomic mass is 16.4. The fraction of sp³-hybridized carbons (Fsp3) is 0.750. The van der Waals surface area contributed by atoms with Gasteiger partial charge in [-0.2, -0.15) is 0 Å². The number of likely N-dealkylation sites (tertiary alicyclic amines) is 2. The van der Waals surface area contributed by atoms with E-state index in [2.05, 4.69) is 0 Å². The van der Waals surface area contributed by atoms with Crippen molar-refractivity contribution < 1.29 is 24.6 Å². The van der Waals surface area contributed by atoms with Crippen LogP contribution in [0.5, 0.6) is 0 Å². The Balaban J connectivity index is 2.06. The molecule has 0 aromatic heterocycles. The molecule has 2 aliphatic rings. The maximum Gasteiger partial charge on any atom is 0.326 e. The van der Waals surface area contributed by atoms with Crippen LogP contribution in [-0.2, 0) is 9.59 Å². The van der Waals surface area contributed by atoms with Crippen LogP contribution in [0.3, 0.4) is 0 Å². The van der Waals surface area contributed by atoms with E-state index >= 15 is 0 Å². The fourth-order valence-corrected chi connectivity index (χ4v) is 2.82. The number of nitrogens with two attached hydrogens (primary N) is 1. The summed E-state index contributed by atoms with van der Waals surface area (Å²) in [5.74, 6) is -1.96. The number of carbonyl (C=O) groups excluding carboxylic acids is 2. The van der Waals surface area contributed by atoms with E-state index in [9.17, 15) is 19.5 Å². The Morgan fingerprint density at radius 1 is 1.20 bits per heavy atom. The van der Waals surface area contributed by atoms with Crippen molar-refractivity contribution in [2.24, 2.45) is 11.7 Å². The van der Waals surface area contributed by atoms with Crippen LogP contribution in [0.1, 0.15) is 19.3 Å². The van der Waals surface area contributed by atoms with Crippen LogP contribution in [-0.4, -0.2) is 69.7 Å². The van der Waals surface area contributed by atoms with Gasteiger partial charge in [-0.15, -0.1) is 0 Å². The molecule has 0 bridgehead atoms. The van der Waals surface area contributed by atoms with E-state index in [0.717, 1.165) is 4.90 Å². The maximum atomic E-state index is 12.4. The van der Waals surface area contributed by atoms with E-state index < -0.39 is 30.1 Å². The molecule has 2 aliphatic heterocycles. The first-order chi connectivity index (χ1) is 9.40. The number of amides is 3. The summed E-state index contributed by atoms with van der Waals surface area (Å²) in [7, 11) is 0. The molecule has 2 fully saturated rings. The average Bonchev–Trinajstić information content (AvgIpc) is 2.80. The molecule has 8 nitrogen and oxygen atoms in total. The van der Waals surface area contributed by atoms with Gasteiger partial charge in [0.1, 0.15) is 6.04 Å². The van der Waals surface area contributed by atoms with Crippen molar-refractivity contribution in [1.82, 2.24) is 9.80 Å². The summed E-state index contributed by atoms with van der Waals surface area (Å²) in [6.07, 6.45) is 0.517. The second-order valence-corrected chi connectivity index (χ2v) is 5.37. The van der Waals surface area contributed by atoms with Crippen molar-refractivity contribution in [2.45, 2.75) is 31.4 Å². The zero-order chi connectivity index (χ0) is 14.9. The number of hydrogen-bond donors (Lipinski definition) is 3. The summed E-state index contributed by atoms with van der Waals surface area (Å²) in [5.41, 5.74) is 5.26. The predicted molar refractivity (Wildman–Crippen MR) is 67.6 cm³/mol. The number of nitrogens with zero attached hydrogens (tertiary/aromatic N) is 2. The number of piperidine rings is 1. The van der Waals surface area contributed by atoms with Crippen molar-refractivity contribution in [3.05, 3.63) is 0 Å². The van der Waals surface area contributed by atoms with Gasteiger partial charge in [-0.3, -0.25) is 4.79 Å². The topological polar surface area (TPSA) is 124 Å². The van der Waals surface area contributed by atoms with Crippen molar-refractivity contribution >= 4 is 17.9 Å². The molecule has 112 valence electrons. The Labute approximate surface area is 116 Å². The van der Waals surface area contributed by atoms with Gasteiger partial charge in [0, 0.05) is 26.1 Å². The van der Waals surface area contributed by atoms with Gasteiger partial charge < -0.3 is 25.7 Å². The minimum Gasteiger partial charge on any atom is -0.480 e.